The Labute approximate surface area is 97.6 Å². The summed E-state index contributed by atoms with van der Waals surface area (Å²) in [6.07, 6.45) is -4.75. The zero-order valence-electron chi connectivity index (χ0n) is 8.14. The molecule has 0 amide bonds. The number of nitrogen functional groups attached to an aromatic ring is 1. The second-order valence-electron chi connectivity index (χ2n) is 3.29. The van der Waals surface area contributed by atoms with Gasteiger partial charge in [0.05, 0.1) is 10.6 Å². The van der Waals surface area contributed by atoms with Crippen molar-refractivity contribution in [3.63, 3.8) is 0 Å². The molecule has 0 spiro atoms. The van der Waals surface area contributed by atoms with Gasteiger partial charge in [-0.25, -0.2) is 4.79 Å². The average molecular weight is 264 g/mol. The summed E-state index contributed by atoms with van der Waals surface area (Å²) in [6, 6.07) is 3.78. The van der Waals surface area contributed by atoms with Gasteiger partial charge in [0.25, 0.3) is 0 Å². The van der Waals surface area contributed by atoms with Gasteiger partial charge in [0, 0.05) is 5.39 Å². The van der Waals surface area contributed by atoms with Crippen LogP contribution in [0, 0.1) is 0 Å². The molecule has 90 valence electrons. The molecule has 1 aromatic heterocycles. The normalized spacial score (nSPS) is 12.0. The molecule has 0 fully saturated rings. The quantitative estimate of drug-likeness (QED) is 0.743. The molecule has 0 saturated heterocycles. The van der Waals surface area contributed by atoms with E-state index in [9.17, 15) is 18.0 Å². The van der Waals surface area contributed by atoms with Crippen LogP contribution in [0.2, 0.25) is 5.02 Å². The molecule has 7 heteroatoms. The maximum atomic E-state index is 12.8. The fraction of sp³-hybridized carbons (Fsp3) is 0.100. The second kappa shape index (κ2) is 3.66. The molecule has 17 heavy (non-hydrogen) atoms. The van der Waals surface area contributed by atoms with Crippen LogP contribution in [0.1, 0.15) is 5.56 Å². The number of rotatable bonds is 0. The highest BCUT2D eigenvalue weighted by Gasteiger charge is 2.37. The minimum Gasteiger partial charge on any atom is -0.420 e. The summed E-state index contributed by atoms with van der Waals surface area (Å²) in [7, 11) is 0. The van der Waals surface area contributed by atoms with E-state index in [1.807, 2.05) is 0 Å². The second-order valence-corrected chi connectivity index (χ2v) is 3.70. The Balaban J connectivity index is 3.04. The van der Waals surface area contributed by atoms with Crippen LogP contribution in [-0.2, 0) is 6.18 Å². The van der Waals surface area contributed by atoms with Gasteiger partial charge in [-0.2, -0.15) is 13.2 Å². The van der Waals surface area contributed by atoms with Gasteiger partial charge in [0.1, 0.15) is 5.69 Å². The van der Waals surface area contributed by atoms with Gasteiger partial charge < -0.3 is 10.2 Å². The summed E-state index contributed by atoms with van der Waals surface area (Å²) in [5.41, 5.74) is 1.36. The number of fused-ring (bicyclic) bond motifs is 1. The minimum absolute atomic E-state index is 0.0786. The van der Waals surface area contributed by atoms with Crippen LogP contribution in [-0.4, -0.2) is 0 Å². The van der Waals surface area contributed by atoms with Gasteiger partial charge >= 0.3 is 11.8 Å². The standard InChI is InChI=1S/C10H5ClF3NO2/c11-5-3-1-2-4-6(10(12,13)14)7(15)9(16)17-8(4)5/h1-3H,15H2. The van der Waals surface area contributed by atoms with Crippen LogP contribution in [0.25, 0.3) is 11.0 Å². The van der Waals surface area contributed by atoms with Crippen LogP contribution in [0.5, 0.6) is 0 Å². The molecule has 0 unspecified atom stereocenters. The summed E-state index contributed by atoms with van der Waals surface area (Å²) in [6.45, 7) is 0. The smallest absolute Gasteiger partial charge is 0.419 e. The summed E-state index contributed by atoms with van der Waals surface area (Å²) in [5.74, 6) is 0. The van der Waals surface area contributed by atoms with E-state index in [1.54, 1.807) is 0 Å². The average Bonchev–Trinajstić information content (AvgIpc) is 2.19. The fourth-order valence-electron chi connectivity index (χ4n) is 1.51. The van der Waals surface area contributed by atoms with Crippen molar-refractivity contribution in [2.75, 3.05) is 5.73 Å². The Bertz CT molecular complexity index is 648. The van der Waals surface area contributed by atoms with Crippen LogP contribution in [0.15, 0.2) is 27.4 Å². The Hall–Kier alpha value is -1.69. The summed E-state index contributed by atoms with van der Waals surface area (Å²) in [4.78, 5) is 11.2. The van der Waals surface area contributed by atoms with E-state index < -0.39 is 23.1 Å². The van der Waals surface area contributed by atoms with Crippen LogP contribution < -0.4 is 11.4 Å². The molecule has 1 aromatic carbocycles. The molecular weight excluding hydrogens is 259 g/mol. The lowest BCUT2D eigenvalue weighted by Gasteiger charge is -2.11. The summed E-state index contributed by atoms with van der Waals surface area (Å²) in [5, 5.41) is -0.410. The zero-order valence-corrected chi connectivity index (χ0v) is 8.89. The first-order valence-electron chi connectivity index (χ1n) is 4.40. The topological polar surface area (TPSA) is 56.2 Å². The molecule has 0 bridgehead atoms. The molecule has 0 saturated carbocycles. The predicted octanol–water partition coefficient (Wildman–Crippen LogP) is 3.05. The Morgan fingerprint density at radius 1 is 1.29 bits per heavy atom. The van der Waals surface area contributed by atoms with E-state index >= 15 is 0 Å². The van der Waals surface area contributed by atoms with Gasteiger partial charge in [-0.05, 0) is 6.07 Å². The first-order chi connectivity index (χ1) is 7.82. The van der Waals surface area contributed by atoms with Gasteiger partial charge in [-0.1, -0.05) is 23.7 Å². The molecular formula is C10H5ClF3NO2. The summed E-state index contributed by atoms with van der Waals surface area (Å²) >= 11 is 5.66. The highest BCUT2D eigenvalue weighted by atomic mass is 35.5. The van der Waals surface area contributed by atoms with Crippen molar-refractivity contribution < 1.29 is 17.6 Å². The van der Waals surface area contributed by atoms with Crippen molar-refractivity contribution in [3.05, 3.63) is 39.2 Å². The Kier molecular flexibility index (Phi) is 2.54. The number of anilines is 1. The minimum atomic E-state index is -4.75. The van der Waals surface area contributed by atoms with Crippen molar-refractivity contribution in [2.24, 2.45) is 0 Å². The maximum Gasteiger partial charge on any atom is 0.419 e. The third-order valence-electron chi connectivity index (χ3n) is 2.20. The van der Waals surface area contributed by atoms with E-state index in [0.29, 0.717) is 0 Å². The number of alkyl halides is 3. The monoisotopic (exact) mass is 263 g/mol. The lowest BCUT2D eigenvalue weighted by atomic mass is 10.1. The number of hydrogen-bond donors (Lipinski definition) is 1. The van der Waals surface area contributed by atoms with Crippen LogP contribution in [0.3, 0.4) is 0 Å². The third-order valence-corrected chi connectivity index (χ3v) is 2.50. The lowest BCUT2D eigenvalue weighted by molar-refractivity contribution is -0.135. The fourth-order valence-corrected chi connectivity index (χ4v) is 1.72. The number of halogens is 4. The molecule has 3 nitrogen and oxygen atoms in total. The van der Waals surface area contributed by atoms with Crippen molar-refractivity contribution >= 4 is 28.3 Å². The van der Waals surface area contributed by atoms with Crippen molar-refractivity contribution in [1.82, 2.24) is 0 Å². The number of benzene rings is 1. The maximum absolute atomic E-state index is 12.8. The predicted molar refractivity (Wildman–Crippen MR) is 56.9 cm³/mol. The van der Waals surface area contributed by atoms with Gasteiger partial charge in [-0.3, -0.25) is 0 Å². The molecule has 1 heterocycles. The SMILES string of the molecule is Nc1c(C(F)(F)F)c2cccc(Cl)c2oc1=O. The Morgan fingerprint density at radius 3 is 2.53 bits per heavy atom. The number of para-hydroxylation sites is 1. The van der Waals surface area contributed by atoms with Gasteiger partial charge in [-0.15, -0.1) is 0 Å². The van der Waals surface area contributed by atoms with Gasteiger partial charge in [0.2, 0.25) is 0 Å². The molecule has 2 aromatic rings. The molecule has 0 atom stereocenters. The molecule has 2 rings (SSSR count). The highest BCUT2D eigenvalue weighted by molar-refractivity contribution is 6.34. The molecule has 0 aliphatic rings. The summed E-state index contributed by atoms with van der Waals surface area (Å²) < 4.78 is 43.0. The zero-order chi connectivity index (χ0) is 12.8. The van der Waals surface area contributed by atoms with E-state index in [-0.39, 0.29) is 16.0 Å². The molecule has 2 N–H and O–H groups in total. The lowest BCUT2D eigenvalue weighted by Crippen LogP contribution is -2.17. The van der Waals surface area contributed by atoms with Crippen LogP contribution >= 0.6 is 11.6 Å². The molecule has 0 aliphatic carbocycles. The third kappa shape index (κ3) is 1.84. The molecule has 0 aliphatic heterocycles. The largest absolute Gasteiger partial charge is 0.420 e. The highest BCUT2D eigenvalue weighted by Crippen LogP contribution is 2.38. The van der Waals surface area contributed by atoms with E-state index in [4.69, 9.17) is 17.3 Å². The van der Waals surface area contributed by atoms with E-state index in [0.717, 1.165) is 6.07 Å². The Morgan fingerprint density at radius 2 is 1.94 bits per heavy atom. The van der Waals surface area contributed by atoms with Crippen molar-refractivity contribution in [3.8, 4) is 0 Å². The molecule has 0 radical (unpaired) electrons. The number of hydrogen-bond acceptors (Lipinski definition) is 3. The first-order valence-corrected chi connectivity index (χ1v) is 4.78. The van der Waals surface area contributed by atoms with Crippen LogP contribution in [0.4, 0.5) is 18.9 Å². The first kappa shape index (κ1) is 11.8. The van der Waals surface area contributed by atoms with Gasteiger partial charge in [0.15, 0.2) is 5.58 Å². The van der Waals surface area contributed by atoms with Crippen molar-refractivity contribution in [1.29, 1.82) is 0 Å². The van der Waals surface area contributed by atoms with Crippen molar-refractivity contribution in [2.45, 2.75) is 6.18 Å². The van der Waals surface area contributed by atoms with E-state index in [1.165, 1.54) is 12.1 Å². The number of nitrogens with two attached hydrogens (primary N) is 1. The van der Waals surface area contributed by atoms with E-state index in [2.05, 4.69) is 4.42 Å².